The first-order chi connectivity index (χ1) is 10.3. The maximum Gasteiger partial charge on any atom is 0.0475 e. The smallest absolute Gasteiger partial charge is 0.0475 e. The molecule has 2 nitrogen and oxygen atoms in total. The van der Waals surface area contributed by atoms with Crippen LogP contribution in [0.25, 0.3) is 0 Å². The van der Waals surface area contributed by atoms with Gasteiger partial charge in [-0.25, -0.2) is 0 Å². The van der Waals surface area contributed by atoms with E-state index in [0.29, 0.717) is 0 Å². The topological polar surface area (TPSA) is 35.2 Å². The number of thiophene rings is 1. The van der Waals surface area contributed by atoms with E-state index in [1.54, 1.807) is 11.3 Å². The lowest BCUT2D eigenvalue weighted by atomic mass is 9.67. The van der Waals surface area contributed by atoms with Crippen molar-refractivity contribution in [1.29, 1.82) is 0 Å². The lowest BCUT2D eigenvalue weighted by Crippen LogP contribution is -2.49. The Hall–Kier alpha value is -1.16. The zero-order chi connectivity index (χ0) is 14.5. The van der Waals surface area contributed by atoms with Gasteiger partial charge in [-0.05, 0) is 53.6 Å². The van der Waals surface area contributed by atoms with Gasteiger partial charge in [-0.3, -0.25) is 0 Å². The number of nitrogens with two attached hydrogens (primary N) is 1. The summed E-state index contributed by atoms with van der Waals surface area (Å²) in [6, 6.07) is 13.2. The minimum Gasteiger partial charge on any atom is -0.381 e. The second-order valence-electron chi connectivity index (χ2n) is 5.91. The first kappa shape index (κ1) is 14.8. The number of rotatable bonds is 5. The van der Waals surface area contributed by atoms with Gasteiger partial charge >= 0.3 is 0 Å². The van der Waals surface area contributed by atoms with Crippen LogP contribution in [0.5, 0.6) is 0 Å². The summed E-state index contributed by atoms with van der Waals surface area (Å²) >= 11 is 1.76. The molecule has 1 aromatic carbocycles. The molecule has 1 fully saturated rings. The molecule has 0 spiro atoms. The average molecular weight is 301 g/mol. The van der Waals surface area contributed by atoms with Crippen molar-refractivity contribution in [3.05, 3.63) is 58.3 Å². The predicted octanol–water partition coefficient (Wildman–Crippen LogP) is 3.76. The third-order valence-corrected chi connectivity index (χ3v) is 5.50. The van der Waals surface area contributed by atoms with Gasteiger partial charge in [0.05, 0.1) is 0 Å². The van der Waals surface area contributed by atoms with E-state index in [1.807, 2.05) is 0 Å². The average Bonchev–Trinajstić information content (AvgIpc) is 3.07. The highest BCUT2D eigenvalue weighted by molar-refractivity contribution is 7.07. The Morgan fingerprint density at radius 2 is 1.90 bits per heavy atom. The Kier molecular flexibility index (Phi) is 4.73. The Morgan fingerprint density at radius 3 is 2.57 bits per heavy atom. The molecule has 3 rings (SSSR count). The minimum absolute atomic E-state index is 0.0789. The van der Waals surface area contributed by atoms with Crippen molar-refractivity contribution in [3.8, 4) is 0 Å². The van der Waals surface area contributed by atoms with E-state index >= 15 is 0 Å². The fourth-order valence-electron chi connectivity index (χ4n) is 3.41. The van der Waals surface area contributed by atoms with Gasteiger partial charge < -0.3 is 10.5 Å². The van der Waals surface area contributed by atoms with Crippen molar-refractivity contribution in [2.24, 2.45) is 5.73 Å². The van der Waals surface area contributed by atoms with Crippen LogP contribution in [0.2, 0.25) is 0 Å². The van der Waals surface area contributed by atoms with E-state index < -0.39 is 0 Å². The van der Waals surface area contributed by atoms with Crippen LogP contribution >= 0.6 is 11.3 Å². The van der Waals surface area contributed by atoms with Crippen molar-refractivity contribution >= 4 is 11.3 Å². The van der Waals surface area contributed by atoms with E-state index in [-0.39, 0.29) is 11.5 Å². The molecule has 1 saturated heterocycles. The molecular formula is C18H23NOS. The van der Waals surface area contributed by atoms with Crippen LogP contribution in [0.3, 0.4) is 0 Å². The molecule has 112 valence electrons. The molecule has 21 heavy (non-hydrogen) atoms. The van der Waals surface area contributed by atoms with Crippen LogP contribution in [0.15, 0.2) is 47.2 Å². The summed E-state index contributed by atoms with van der Waals surface area (Å²) in [5.41, 5.74) is 9.55. The first-order valence-electron chi connectivity index (χ1n) is 7.71. The number of benzene rings is 1. The predicted molar refractivity (Wildman–Crippen MR) is 88.8 cm³/mol. The summed E-state index contributed by atoms with van der Waals surface area (Å²) in [5.74, 6) is 0. The highest BCUT2D eigenvalue weighted by Crippen LogP contribution is 2.38. The highest BCUT2D eigenvalue weighted by Gasteiger charge is 2.39. The summed E-state index contributed by atoms with van der Waals surface area (Å²) in [6.07, 6.45) is 4.16. The van der Waals surface area contributed by atoms with Gasteiger partial charge in [0.1, 0.15) is 0 Å². The molecule has 0 amide bonds. The molecule has 3 heteroatoms. The van der Waals surface area contributed by atoms with E-state index in [4.69, 9.17) is 10.5 Å². The SMILES string of the molecule is NC(CCc1ccsc1)C1(c2ccccc2)CCOCC1. The van der Waals surface area contributed by atoms with Crippen LogP contribution in [0.4, 0.5) is 0 Å². The van der Waals surface area contributed by atoms with Crippen molar-refractivity contribution in [2.45, 2.75) is 37.1 Å². The first-order valence-corrected chi connectivity index (χ1v) is 8.65. The molecule has 1 aliphatic heterocycles. The lowest BCUT2D eigenvalue weighted by Gasteiger charge is -2.42. The minimum atomic E-state index is 0.0789. The third kappa shape index (κ3) is 3.20. The molecule has 0 radical (unpaired) electrons. The van der Waals surface area contributed by atoms with Crippen LogP contribution in [0.1, 0.15) is 30.4 Å². The molecule has 1 unspecified atom stereocenters. The summed E-state index contributed by atoms with van der Waals surface area (Å²) < 4.78 is 5.59. The van der Waals surface area contributed by atoms with E-state index in [1.165, 1.54) is 11.1 Å². The summed E-state index contributed by atoms with van der Waals surface area (Å²) in [4.78, 5) is 0. The van der Waals surface area contributed by atoms with E-state index in [9.17, 15) is 0 Å². The Balaban J connectivity index is 1.78. The largest absolute Gasteiger partial charge is 0.381 e. The van der Waals surface area contributed by atoms with Crippen LogP contribution in [-0.2, 0) is 16.6 Å². The molecule has 0 aliphatic carbocycles. The summed E-state index contributed by atoms with van der Waals surface area (Å²) in [6.45, 7) is 1.64. The van der Waals surface area contributed by atoms with Crippen molar-refractivity contribution in [3.63, 3.8) is 0 Å². The van der Waals surface area contributed by atoms with Crippen LogP contribution in [-0.4, -0.2) is 19.3 Å². The normalized spacial score (nSPS) is 19.3. The number of aryl methyl sites for hydroxylation is 1. The molecular weight excluding hydrogens is 278 g/mol. The fourth-order valence-corrected chi connectivity index (χ4v) is 4.12. The summed E-state index contributed by atoms with van der Waals surface area (Å²) in [7, 11) is 0. The highest BCUT2D eigenvalue weighted by atomic mass is 32.1. The van der Waals surface area contributed by atoms with Gasteiger partial charge in [0, 0.05) is 24.7 Å². The van der Waals surface area contributed by atoms with Gasteiger partial charge in [-0.15, -0.1) is 0 Å². The van der Waals surface area contributed by atoms with Gasteiger partial charge in [0.15, 0.2) is 0 Å². The van der Waals surface area contributed by atoms with Gasteiger partial charge in [-0.1, -0.05) is 30.3 Å². The molecule has 2 heterocycles. The van der Waals surface area contributed by atoms with Crippen molar-refractivity contribution < 1.29 is 4.74 Å². The standard InChI is InChI=1S/C18H23NOS/c19-17(7-6-15-8-13-21-14-15)18(9-11-20-12-10-18)16-4-2-1-3-5-16/h1-5,8,13-14,17H,6-7,9-12,19H2. The van der Waals surface area contributed by atoms with Gasteiger partial charge in [0.2, 0.25) is 0 Å². The number of hydrogen-bond acceptors (Lipinski definition) is 3. The Bertz CT molecular complexity index is 532. The van der Waals surface area contributed by atoms with Gasteiger partial charge in [0.25, 0.3) is 0 Å². The van der Waals surface area contributed by atoms with Crippen molar-refractivity contribution in [1.82, 2.24) is 0 Å². The number of hydrogen-bond donors (Lipinski definition) is 1. The monoisotopic (exact) mass is 301 g/mol. The second-order valence-corrected chi connectivity index (χ2v) is 6.69. The van der Waals surface area contributed by atoms with Gasteiger partial charge in [-0.2, -0.15) is 11.3 Å². The zero-order valence-corrected chi connectivity index (χ0v) is 13.1. The Labute approximate surface area is 130 Å². The molecule has 2 N–H and O–H groups in total. The van der Waals surface area contributed by atoms with E-state index in [2.05, 4.69) is 47.2 Å². The lowest BCUT2D eigenvalue weighted by molar-refractivity contribution is 0.0389. The van der Waals surface area contributed by atoms with E-state index in [0.717, 1.165) is 38.9 Å². The molecule has 1 aliphatic rings. The van der Waals surface area contributed by atoms with Crippen molar-refractivity contribution in [2.75, 3.05) is 13.2 Å². The molecule has 1 atom stereocenters. The second kappa shape index (κ2) is 6.73. The quantitative estimate of drug-likeness (QED) is 0.912. The fraction of sp³-hybridized carbons (Fsp3) is 0.444. The third-order valence-electron chi connectivity index (χ3n) is 4.77. The Morgan fingerprint density at radius 1 is 1.14 bits per heavy atom. The maximum absolute atomic E-state index is 6.68. The maximum atomic E-state index is 6.68. The zero-order valence-electron chi connectivity index (χ0n) is 12.3. The molecule has 0 bridgehead atoms. The van der Waals surface area contributed by atoms with Crippen LogP contribution < -0.4 is 5.73 Å². The molecule has 0 saturated carbocycles. The molecule has 2 aromatic rings. The number of ether oxygens (including phenoxy) is 1. The summed E-state index contributed by atoms with van der Waals surface area (Å²) in [5, 5.41) is 4.37. The van der Waals surface area contributed by atoms with Crippen LogP contribution in [0, 0.1) is 0 Å². The molecule has 1 aromatic heterocycles.